The van der Waals surface area contributed by atoms with Crippen LogP contribution in [0.15, 0.2) is 11.6 Å². The first-order valence-corrected chi connectivity index (χ1v) is 6.71. The highest BCUT2D eigenvalue weighted by atomic mass is 14.5. The zero-order valence-electron chi connectivity index (χ0n) is 10.8. The van der Waals surface area contributed by atoms with Crippen molar-refractivity contribution in [3.63, 3.8) is 0 Å². The van der Waals surface area contributed by atoms with E-state index in [1.807, 2.05) is 0 Å². The third-order valence-electron chi connectivity index (χ3n) is 4.80. The predicted octanol–water partition coefficient (Wildman–Crippen LogP) is 4.81. The van der Waals surface area contributed by atoms with Crippen molar-refractivity contribution >= 4 is 0 Å². The fourth-order valence-corrected chi connectivity index (χ4v) is 3.53. The molecule has 0 saturated heterocycles. The largest absolute Gasteiger partial charge is 0.0845 e. The van der Waals surface area contributed by atoms with Gasteiger partial charge in [-0.3, -0.25) is 0 Å². The van der Waals surface area contributed by atoms with Crippen molar-refractivity contribution in [2.24, 2.45) is 23.2 Å². The molecule has 0 nitrogen and oxygen atoms in total. The molecule has 0 bridgehead atoms. The lowest BCUT2D eigenvalue weighted by Gasteiger charge is -2.25. The summed E-state index contributed by atoms with van der Waals surface area (Å²) in [5.74, 6) is 2.68. The smallest absolute Gasteiger partial charge is 0.0223 e. The van der Waals surface area contributed by atoms with Gasteiger partial charge in [0.25, 0.3) is 0 Å². The Morgan fingerprint density at radius 3 is 2.47 bits per heavy atom. The van der Waals surface area contributed by atoms with Gasteiger partial charge in [-0.05, 0) is 55.3 Å². The van der Waals surface area contributed by atoms with Crippen molar-refractivity contribution in [1.29, 1.82) is 0 Å². The highest BCUT2D eigenvalue weighted by Crippen LogP contribution is 2.54. The van der Waals surface area contributed by atoms with E-state index in [0.29, 0.717) is 5.41 Å². The fourth-order valence-electron chi connectivity index (χ4n) is 3.53. The molecule has 86 valence electrons. The van der Waals surface area contributed by atoms with Crippen LogP contribution in [-0.2, 0) is 0 Å². The molecule has 0 radical (unpaired) electrons. The van der Waals surface area contributed by atoms with Crippen molar-refractivity contribution < 1.29 is 0 Å². The Labute approximate surface area is 95.1 Å². The number of hydrogen-bond donors (Lipinski definition) is 0. The van der Waals surface area contributed by atoms with Gasteiger partial charge in [0, 0.05) is 0 Å². The molecule has 2 atom stereocenters. The van der Waals surface area contributed by atoms with Crippen LogP contribution in [0.3, 0.4) is 0 Å². The van der Waals surface area contributed by atoms with Gasteiger partial charge >= 0.3 is 0 Å². The topological polar surface area (TPSA) is 0 Å². The Hall–Kier alpha value is -0.260. The molecule has 2 unspecified atom stereocenters. The Balaban J connectivity index is 1.97. The summed E-state index contributed by atoms with van der Waals surface area (Å²) in [5.41, 5.74) is 2.44. The van der Waals surface area contributed by atoms with E-state index in [1.165, 1.54) is 32.1 Å². The normalized spacial score (nSPS) is 35.9. The van der Waals surface area contributed by atoms with E-state index < -0.39 is 0 Å². The summed E-state index contributed by atoms with van der Waals surface area (Å²) in [7, 11) is 0. The maximum atomic E-state index is 2.55. The summed E-state index contributed by atoms with van der Waals surface area (Å²) >= 11 is 0. The van der Waals surface area contributed by atoms with Gasteiger partial charge in [-0.1, -0.05) is 39.3 Å². The van der Waals surface area contributed by atoms with E-state index in [9.17, 15) is 0 Å². The van der Waals surface area contributed by atoms with Gasteiger partial charge in [-0.2, -0.15) is 0 Å². The van der Waals surface area contributed by atoms with Crippen molar-refractivity contribution in [2.45, 2.75) is 59.8 Å². The monoisotopic (exact) mass is 206 g/mol. The Morgan fingerprint density at radius 1 is 1.27 bits per heavy atom. The second-order valence-electron chi connectivity index (χ2n) is 6.56. The zero-order valence-corrected chi connectivity index (χ0v) is 10.8. The molecule has 0 amide bonds. The van der Waals surface area contributed by atoms with Gasteiger partial charge in [0.15, 0.2) is 0 Å². The van der Waals surface area contributed by atoms with E-state index in [2.05, 4.69) is 33.8 Å². The number of allylic oxidation sites excluding steroid dienone is 2. The van der Waals surface area contributed by atoms with E-state index >= 15 is 0 Å². The van der Waals surface area contributed by atoms with E-state index in [0.717, 1.165) is 17.8 Å². The maximum Gasteiger partial charge on any atom is -0.0223 e. The van der Waals surface area contributed by atoms with Crippen molar-refractivity contribution in [2.75, 3.05) is 0 Å². The molecule has 1 saturated carbocycles. The van der Waals surface area contributed by atoms with Crippen LogP contribution in [0.2, 0.25) is 0 Å². The van der Waals surface area contributed by atoms with Crippen LogP contribution in [0.1, 0.15) is 59.8 Å². The van der Waals surface area contributed by atoms with E-state index in [-0.39, 0.29) is 0 Å². The number of rotatable bonds is 2. The highest BCUT2D eigenvalue weighted by Gasteiger charge is 2.42. The minimum absolute atomic E-state index is 0.703. The zero-order chi connectivity index (χ0) is 11.1. The summed E-state index contributed by atoms with van der Waals surface area (Å²) in [4.78, 5) is 0. The van der Waals surface area contributed by atoms with Crippen molar-refractivity contribution in [1.82, 2.24) is 0 Å². The molecule has 0 aromatic rings. The van der Waals surface area contributed by atoms with Gasteiger partial charge in [0.1, 0.15) is 0 Å². The molecule has 1 fully saturated rings. The van der Waals surface area contributed by atoms with Gasteiger partial charge in [-0.25, -0.2) is 0 Å². The second kappa shape index (κ2) is 3.96. The van der Waals surface area contributed by atoms with Crippen LogP contribution in [0.5, 0.6) is 0 Å². The van der Waals surface area contributed by atoms with E-state index in [1.54, 1.807) is 5.57 Å². The minimum atomic E-state index is 0.703. The molecule has 0 heterocycles. The van der Waals surface area contributed by atoms with Crippen LogP contribution in [0, 0.1) is 23.2 Å². The summed E-state index contributed by atoms with van der Waals surface area (Å²) in [6, 6.07) is 0. The molecule has 0 aromatic heterocycles. The molecule has 0 aromatic carbocycles. The van der Waals surface area contributed by atoms with Crippen molar-refractivity contribution in [3.8, 4) is 0 Å². The highest BCUT2D eigenvalue weighted by molar-refractivity contribution is 5.18. The first-order valence-electron chi connectivity index (χ1n) is 6.71. The first-order chi connectivity index (χ1) is 7.02. The average Bonchev–Trinajstić information content (AvgIpc) is 2.74. The van der Waals surface area contributed by atoms with Crippen LogP contribution in [0.4, 0.5) is 0 Å². The molecular formula is C15H26. The lowest BCUT2D eigenvalue weighted by Crippen LogP contribution is -2.15. The molecule has 0 heteroatoms. The van der Waals surface area contributed by atoms with Crippen molar-refractivity contribution in [3.05, 3.63) is 11.6 Å². The molecular weight excluding hydrogens is 180 g/mol. The summed E-state index contributed by atoms with van der Waals surface area (Å²) in [5, 5.41) is 0. The predicted molar refractivity (Wildman–Crippen MR) is 66.8 cm³/mol. The van der Waals surface area contributed by atoms with Gasteiger partial charge in [0.2, 0.25) is 0 Å². The summed E-state index contributed by atoms with van der Waals surface area (Å²) in [6.45, 7) is 9.49. The quantitative estimate of drug-likeness (QED) is 0.569. The molecule has 1 spiro atoms. The lowest BCUT2D eigenvalue weighted by atomic mass is 9.79. The summed E-state index contributed by atoms with van der Waals surface area (Å²) < 4.78 is 0. The number of hydrogen-bond acceptors (Lipinski definition) is 0. The van der Waals surface area contributed by atoms with Gasteiger partial charge < -0.3 is 0 Å². The molecule has 2 aliphatic rings. The molecule has 2 rings (SSSR count). The molecule has 0 N–H and O–H groups in total. The minimum Gasteiger partial charge on any atom is -0.0845 e. The van der Waals surface area contributed by atoms with Gasteiger partial charge in [-0.15, -0.1) is 0 Å². The molecule has 0 aliphatic heterocycles. The Kier molecular flexibility index (Phi) is 2.96. The third-order valence-corrected chi connectivity index (χ3v) is 4.80. The lowest BCUT2D eigenvalue weighted by molar-refractivity contribution is 0.278. The maximum absolute atomic E-state index is 2.55. The molecule has 15 heavy (non-hydrogen) atoms. The van der Waals surface area contributed by atoms with Crippen LogP contribution in [0.25, 0.3) is 0 Å². The average molecular weight is 206 g/mol. The Bertz CT molecular complexity index is 259. The SMILES string of the molecule is CC(C)C1=CCC2(CCC(C(C)C)C2)C1. The van der Waals surface area contributed by atoms with Gasteiger partial charge in [0.05, 0.1) is 0 Å². The second-order valence-corrected chi connectivity index (χ2v) is 6.56. The van der Waals surface area contributed by atoms with Crippen LogP contribution < -0.4 is 0 Å². The molecule has 2 aliphatic carbocycles. The Morgan fingerprint density at radius 2 is 2.00 bits per heavy atom. The first kappa shape index (κ1) is 11.2. The summed E-state index contributed by atoms with van der Waals surface area (Å²) in [6.07, 6.45) is 9.81. The van der Waals surface area contributed by atoms with E-state index in [4.69, 9.17) is 0 Å². The third kappa shape index (κ3) is 2.14. The van der Waals surface area contributed by atoms with Crippen LogP contribution >= 0.6 is 0 Å². The van der Waals surface area contributed by atoms with Crippen LogP contribution in [-0.4, -0.2) is 0 Å². The standard InChI is InChI=1S/C15H26/c1-11(2)13-5-7-15(9-13)8-6-14(10-15)12(3)4/h5,11-12,14H,6-10H2,1-4H3. The fraction of sp³-hybridized carbons (Fsp3) is 0.867.